The van der Waals surface area contributed by atoms with Crippen molar-refractivity contribution in [2.24, 2.45) is 0 Å². The molecule has 3 N–H and O–H groups in total. The quantitative estimate of drug-likeness (QED) is 0.109. The van der Waals surface area contributed by atoms with Crippen molar-refractivity contribution < 1.29 is 24.5 Å². The molecule has 0 bridgehead atoms. The van der Waals surface area contributed by atoms with Crippen molar-refractivity contribution in [2.75, 3.05) is 0 Å². The van der Waals surface area contributed by atoms with Gasteiger partial charge < -0.3 is 15.3 Å². The molecule has 0 spiro atoms. The number of phenolic OH excluding ortho intramolecular Hbond substituents is 2. The van der Waals surface area contributed by atoms with E-state index >= 15 is 0 Å². The molecule has 152 valence electrons. The second-order valence-corrected chi connectivity index (χ2v) is 11.6. The molecule has 0 amide bonds. The lowest BCUT2D eigenvalue weighted by Crippen LogP contribution is -2.02. The van der Waals surface area contributed by atoms with E-state index in [1.807, 2.05) is 90.4 Å². The molecule has 1 aromatic heterocycles. The maximum Gasteiger partial charge on any atom is 0.378 e. The Kier molecular flexibility index (Phi) is 6.61. The molecule has 0 fully saturated rings. The topological polar surface area (TPSA) is 89.1 Å². The highest BCUT2D eigenvalue weighted by molar-refractivity contribution is 14.1. The van der Waals surface area contributed by atoms with Gasteiger partial charge in [-0.2, -0.15) is 0 Å². The van der Waals surface area contributed by atoms with Crippen LogP contribution in [0.1, 0.15) is 10.4 Å². The van der Waals surface area contributed by atoms with Gasteiger partial charge in [0.15, 0.2) is 18.6 Å². The number of aromatic hydroxyl groups is 2. The van der Waals surface area contributed by atoms with E-state index < -0.39 is 5.97 Å². The van der Waals surface area contributed by atoms with Crippen molar-refractivity contribution >= 4 is 134 Å². The van der Waals surface area contributed by atoms with Crippen molar-refractivity contribution in [2.45, 2.75) is 0 Å². The Labute approximate surface area is 232 Å². The normalized spacial score (nSPS) is 11.4. The van der Waals surface area contributed by atoms with Crippen LogP contribution in [0.5, 0.6) is 11.5 Å². The molecule has 4 rings (SSSR count). The molecule has 0 aliphatic rings. The zero-order chi connectivity index (χ0) is 21.9. The maximum absolute atomic E-state index is 12.1. The van der Waals surface area contributed by atoms with Crippen LogP contribution in [0.15, 0.2) is 39.2 Å². The first-order chi connectivity index (χ1) is 14.1. The van der Waals surface area contributed by atoms with E-state index in [0.717, 1.165) is 0 Å². The Morgan fingerprint density at radius 3 is 1.83 bits per heavy atom. The lowest BCUT2D eigenvalue weighted by atomic mass is 9.93. The molecule has 0 aliphatic heterocycles. The van der Waals surface area contributed by atoms with E-state index in [1.165, 1.54) is 0 Å². The third-order valence-corrected chi connectivity index (χ3v) is 8.84. The van der Waals surface area contributed by atoms with Crippen LogP contribution in [-0.2, 0) is 0 Å². The molecule has 0 saturated heterocycles. The largest absolute Gasteiger partial charge is 0.505 e. The van der Waals surface area contributed by atoms with Crippen molar-refractivity contribution in [3.8, 4) is 22.6 Å². The molecule has 30 heavy (non-hydrogen) atoms. The molecule has 0 radical (unpaired) electrons. The fourth-order valence-electron chi connectivity index (χ4n) is 3.23. The van der Waals surface area contributed by atoms with Crippen molar-refractivity contribution in [1.82, 2.24) is 0 Å². The van der Waals surface area contributed by atoms with Crippen LogP contribution in [0, 0.1) is 14.3 Å². The summed E-state index contributed by atoms with van der Waals surface area (Å²) in [6.07, 6.45) is 0. The van der Waals surface area contributed by atoms with E-state index in [9.17, 15) is 20.1 Å². The zero-order valence-corrected chi connectivity index (χ0v) is 24.7. The van der Waals surface area contributed by atoms with Gasteiger partial charge in [0, 0.05) is 15.6 Å². The monoisotopic (exact) mass is 915 g/mol. The van der Waals surface area contributed by atoms with Crippen LogP contribution in [-0.4, -0.2) is 21.3 Å². The number of phenols is 2. The van der Waals surface area contributed by atoms with Crippen molar-refractivity contribution in [3.05, 3.63) is 54.6 Å². The predicted molar refractivity (Wildman–Crippen MR) is 152 cm³/mol. The Balaban J connectivity index is 2.38. The molecule has 0 saturated carbocycles. The third-order valence-electron chi connectivity index (χ3n) is 4.54. The van der Waals surface area contributed by atoms with E-state index in [1.54, 1.807) is 30.3 Å². The van der Waals surface area contributed by atoms with Gasteiger partial charge >= 0.3 is 17.1 Å². The Bertz CT molecular complexity index is 1330. The fourth-order valence-corrected chi connectivity index (χ4v) is 7.37. The number of aromatic carboxylic acids is 1. The molecule has 0 atom stereocenters. The molecular weight excluding hydrogens is 908 g/mol. The number of fused-ring (bicyclic) bond motifs is 2. The zero-order valence-electron chi connectivity index (χ0n) is 14.4. The lowest BCUT2D eigenvalue weighted by Gasteiger charge is -2.13. The Morgan fingerprint density at radius 1 is 0.867 bits per heavy atom. The highest BCUT2D eigenvalue weighted by Gasteiger charge is 2.31. The van der Waals surface area contributed by atoms with Gasteiger partial charge in [-0.15, -0.1) is 0 Å². The molecule has 0 unspecified atom stereocenters. The number of rotatable bonds is 2. The molecule has 0 aliphatic carbocycles. The van der Waals surface area contributed by atoms with Gasteiger partial charge in [0.05, 0.1) is 23.5 Å². The van der Waals surface area contributed by atoms with Gasteiger partial charge in [-0.1, -0.05) is 22.0 Å². The highest BCUT2D eigenvalue weighted by atomic mass is 127. The minimum Gasteiger partial charge on any atom is -0.505 e. The molecule has 4 aromatic rings. The number of carboxylic acid groups (broad SMARTS) is 1. The maximum atomic E-state index is 12.1. The van der Waals surface area contributed by atoms with E-state index in [0.29, 0.717) is 51.8 Å². The second kappa shape index (κ2) is 8.62. The smallest absolute Gasteiger partial charge is 0.378 e. The summed E-state index contributed by atoms with van der Waals surface area (Å²) in [5.41, 5.74) is 2.13. The number of benzene rings is 3. The summed E-state index contributed by atoms with van der Waals surface area (Å²) in [6.45, 7) is 0. The van der Waals surface area contributed by atoms with Gasteiger partial charge in [0.1, 0.15) is 0 Å². The number of hydrogen-bond acceptors (Lipinski definition) is 3. The van der Waals surface area contributed by atoms with Gasteiger partial charge in [0.2, 0.25) is 0 Å². The first-order valence-electron chi connectivity index (χ1n) is 8.13. The second-order valence-electron chi connectivity index (χ2n) is 6.24. The molecule has 1 heterocycles. The number of carboxylic acids is 1. The highest BCUT2D eigenvalue weighted by Crippen LogP contribution is 2.47. The number of carbonyl (C=O) groups is 1. The van der Waals surface area contributed by atoms with Crippen LogP contribution in [0.25, 0.3) is 33.1 Å². The van der Waals surface area contributed by atoms with Gasteiger partial charge in [-0.3, -0.25) is 0 Å². The van der Waals surface area contributed by atoms with E-state index in [4.69, 9.17) is 4.42 Å². The summed E-state index contributed by atoms with van der Waals surface area (Å²) >= 11 is 11.6. The van der Waals surface area contributed by atoms with Crippen molar-refractivity contribution in [3.63, 3.8) is 0 Å². The van der Waals surface area contributed by atoms with Gasteiger partial charge in [-0.05, 0) is 115 Å². The van der Waals surface area contributed by atoms with Crippen LogP contribution in [0.4, 0.5) is 0 Å². The summed E-state index contributed by atoms with van der Waals surface area (Å²) in [4.78, 5) is 12.1. The average molecular weight is 916 g/mol. The van der Waals surface area contributed by atoms with Gasteiger partial charge in [-0.25, -0.2) is 9.21 Å². The number of halogens is 5. The Morgan fingerprint density at radius 2 is 1.37 bits per heavy atom. The van der Waals surface area contributed by atoms with Crippen LogP contribution in [0.3, 0.4) is 0 Å². The summed E-state index contributed by atoms with van der Waals surface area (Å²) in [5.74, 6) is -0.874. The molecule has 10 heteroatoms. The lowest BCUT2D eigenvalue weighted by molar-refractivity contribution is 0.0697. The van der Waals surface area contributed by atoms with Crippen LogP contribution >= 0.6 is 106 Å². The summed E-state index contributed by atoms with van der Waals surface area (Å²) in [7, 11) is 0. The fraction of sp³-hybridized carbons (Fsp3) is 0. The predicted octanol–water partition coefficient (Wildman–Crippen LogP) is 7.82. The summed E-state index contributed by atoms with van der Waals surface area (Å²) in [5, 5.41) is 32.2. The van der Waals surface area contributed by atoms with E-state index in [-0.39, 0.29) is 17.1 Å². The molecule has 5 nitrogen and oxygen atoms in total. The first kappa shape index (κ1) is 23.0. The minimum absolute atomic E-state index is 0.0908. The molecular formula is C20H8BrI4O5+. The van der Waals surface area contributed by atoms with Crippen LogP contribution in [0.2, 0.25) is 0 Å². The summed E-state index contributed by atoms with van der Waals surface area (Å²) < 4.78 is 9.05. The third kappa shape index (κ3) is 3.67. The van der Waals surface area contributed by atoms with E-state index in [2.05, 4.69) is 15.9 Å². The van der Waals surface area contributed by atoms with Crippen molar-refractivity contribution in [1.29, 1.82) is 0 Å². The summed E-state index contributed by atoms with van der Waals surface area (Å²) in [6, 6.07) is 8.58. The minimum atomic E-state index is -1.06. The standard InChI is InChI=1S/C20H7BrI4O5/c21-9-3-1-2-6(20(28)29)13(9)12-7-4-10(22)16(26)14(24)18(7)30-19-8(12)5-11(23)17(27)15(19)25/h1-5H,(H2-,26,27,28,29)/p+1. The first-order valence-corrected chi connectivity index (χ1v) is 13.2. The van der Waals surface area contributed by atoms with Crippen LogP contribution < -0.4 is 0 Å². The number of hydrogen-bond donors (Lipinski definition) is 3. The molecule has 3 aromatic carbocycles. The van der Waals surface area contributed by atoms with Gasteiger partial charge in [0.25, 0.3) is 0 Å². The average Bonchev–Trinajstić information content (AvgIpc) is 2.70. The SMILES string of the molecule is O=C(O)c1cccc(Br)c1-c1c2cc(I)c(O)c(I)c2[o+]c2c(I)c(O)c(I)cc12. The Hall–Kier alpha value is -0.200.